The summed E-state index contributed by atoms with van der Waals surface area (Å²) in [6.45, 7) is 7.53. The molecule has 1 aliphatic heterocycles. The normalized spacial score (nSPS) is 17.3. The molecule has 2 unspecified atom stereocenters. The first kappa shape index (κ1) is 16.1. The molecule has 1 aromatic carbocycles. The highest BCUT2D eigenvalue weighted by molar-refractivity contribution is 7.92. The maximum atomic E-state index is 12.6. The zero-order valence-corrected chi connectivity index (χ0v) is 13.6. The van der Waals surface area contributed by atoms with E-state index in [1.54, 1.807) is 25.1 Å². The fourth-order valence-corrected chi connectivity index (χ4v) is 4.03. The van der Waals surface area contributed by atoms with Gasteiger partial charge in [0.2, 0.25) is 0 Å². The summed E-state index contributed by atoms with van der Waals surface area (Å²) in [5, 5.41) is 2.79. The van der Waals surface area contributed by atoms with Gasteiger partial charge in [-0.25, -0.2) is 8.42 Å². The van der Waals surface area contributed by atoms with Gasteiger partial charge in [-0.05, 0) is 38.9 Å². The summed E-state index contributed by atoms with van der Waals surface area (Å²) >= 11 is 0. The molecule has 2 atom stereocenters. The molecule has 0 radical (unpaired) electrons. The standard InChI is InChI=1S/C15H23NO4S/c1-4-16-11(2)9-12(3)21(17,18)13-5-6-14-15(10-13)20-8-7-19-14/h5-6,10-12,16H,4,7-9H2,1-3H3. The van der Waals surface area contributed by atoms with Crippen molar-refractivity contribution in [3.63, 3.8) is 0 Å². The summed E-state index contributed by atoms with van der Waals surface area (Å²) in [5.41, 5.74) is 0. The van der Waals surface area contributed by atoms with Crippen LogP contribution in [0.4, 0.5) is 0 Å². The number of fused-ring (bicyclic) bond motifs is 1. The molecule has 0 aliphatic carbocycles. The average Bonchev–Trinajstić information content (AvgIpc) is 2.46. The molecular formula is C15H23NO4S. The lowest BCUT2D eigenvalue weighted by atomic mass is 10.2. The Kier molecular flexibility index (Phi) is 5.11. The van der Waals surface area contributed by atoms with Crippen LogP contribution in [0.5, 0.6) is 11.5 Å². The number of hydrogen-bond donors (Lipinski definition) is 1. The number of nitrogens with one attached hydrogen (secondary N) is 1. The third-order valence-electron chi connectivity index (χ3n) is 3.61. The van der Waals surface area contributed by atoms with Crippen LogP contribution in [0.2, 0.25) is 0 Å². The van der Waals surface area contributed by atoms with Crippen LogP contribution in [0.1, 0.15) is 27.2 Å². The lowest BCUT2D eigenvalue weighted by Gasteiger charge is -2.21. The van der Waals surface area contributed by atoms with Crippen molar-refractivity contribution in [1.82, 2.24) is 5.32 Å². The van der Waals surface area contributed by atoms with Gasteiger partial charge in [0.15, 0.2) is 21.3 Å². The summed E-state index contributed by atoms with van der Waals surface area (Å²) in [5.74, 6) is 1.11. The first-order valence-corrected chi connectivity index (χ1v) is 8.86. The van der Waals surface area contributed by atoms with E-state index in [4.69, 9.17) is 9.47 Å². The summed E-state index contributed by atoms with van der Waals surface area (Å²) in [6, 6.07) is 4.99. The van der Waals surface area contributed by atoms with E-state index in [-0.39, 0.29) is 6.04 Å². The third-order valence-corrected chi connectivity index (χ3v) is 5.77. The molecule has 118 valence electrons. The van der Waals surface area contributed by atoms with E-state index in [9.17, 15) is 8.42 Å². The molecule has 1 heterocycles. The van der Waals surface area contributed by atoms with E-state index in [1.807, 2.05) is 13.8 Å². The average molecular weight is 313 g/mol. The first-order valence-electron chi connectivity index (χ1n) is 7.32. The fourth-order valence-electron chi connectivity index (χ4n) is 2.49. The van der Waals surface area contributed by atoms with E-state index < -0.39 is 15.1 Å². The Bertz CT molecular complexity index is 585. The highest BCUT2D eigenvalue weighted by Gasteiger charge is 2.26. The minimum Gasteiger partial charge on any atom is -0.486 e. The highest BCUT2D eigenvalue weighted by Crippen LogP contribution is 2.33. The largest absolute Gasteiger partial charge is 0.486 e. The van der Waals surface area contributed by atoms with Crippen molar-refractivity contribution in [1.29, 1.82) is 0 Å². The molecule has 1 N–H and O–H groups in total. The molecule has 0 saturated carbocycles. The minimum absolute atomic E-state index is 0.164. The summed E-state index contributed by atoms with van der Waals surface area (Å²) in [7, 11) is -3.36. The van der Waals surface area contributed by atoms with Gasteiger partial charge >= 0.3 is 0 Å². The van der Waals surface area contributed by atoms with Gasteiger partial charge in [-0.1, -0.05) is 6.92 Å². The Hall–Kier alpha value is -1.27. The Labute approximate surface area is 126 Å². The van der Waals surface area contributed by atoms with Crippen LogP contribution in [0.25, 0.3) is 0 Å². The van der Waals surface area contributed by atoms with Crippen LogP contribution in [0, 0.1) is 0 Å². The lowest BCUT2D eigenvalue weighted by molar-refractivity contribution is 0.171. The topological polar surface area (TPSA) is 64.6 Å². The Morgan fingerprint density at radius 2 is 1.86 bits per heavy atom. The molecule has 1 aromatic rings. The zero-order valence-electron chi connectivity index (χ0n) is 12.8. The smallest absolute Gasteiger partial charge is 0.181 e. The Morgan fingerprint density at radius 1 is 1.19 bits per heavy atom. The number of ether oxygens (including phenoxy) is 2. The predicted octanol–water partition coefficient (Wildman–Crippen LogP) is 2.01. The van der Waals surface area contributed by atoms with E-state index in [1.165, 1.54) is 0 Å². The van der Waals surface area contributed by atoms with Gasteiger partial charge in [-0.15, -0.1) is 0 Å². The van der Waals surface area contributed by atoms with Gasteiger partial charge in [-0.3, -0.25) is 0 Å². The summed E-state index contributed by atoms with van der Waals surface area (Å²) in [6.07, 6.45) is 0.574. The molecule has 0 bridgehead atoms. The van der Waals surface area contributed by atoms with Crippen LogP contribution in [-0.4, -0.2) is 39.5 Å². The van der Waals surface area contributed by atoms with Crippen LogP contribution >= 0.6 is 0 Å². The van der Waals surface area contributed by atoms with Crippen LogP contribution in [-0.2, 0) is 9.84 Å². The Balaban J connectivity index is 2.19. The van der Waals surface area contributed by atoms with Crippen molar-refractivity contribution >= 4 is 9.84 Å². The second-order valence-corrected chi connectivity index (χ2v) is 7.72. The third kappa shape index (κ3) is 3.68. The van der Waals surface area contributed by atoms with Crippen molar-refractivity contribution in [3.8, 4) is 11.5 Å². The van der Waals surface area contributed by atoms with Gasteiger partial charge < -0.3 is 14.8 Å². The van der Waals surface area contributed by atoms with E-state index >= 15 is 0 Å². The maximum Gasteiger partial charge on any atom is 0.181 e. The number of benzene rings is 1. The maximum absolute atomic E-state index is 12.6. The number of hydrogen-bond acceptors (Lipinski definition) is 5. The number of sulfone groups is 1. The predicted molar refractivity (Wildman–Crippen MR) is 81.8 cm³/mol. The first-order chi connectivity index (χ1) is 9.95. The fraction of sp³-hybridized carbons (Fsp3) is 0.600. The van der Waals surface area contributed by atoms with Crippen molar-refractivity contribution in [3.05, 3.63) is 18.2 Å². The molecule has 0 aromatic heterocycles. The quantitative estimate of drug-likeness (QED) is 0.870. The molecule has 0 fully saturated rings. The zero-order chi connectivity index (χ0) is 15.5. The molecule has 2 rings (SSSR count). The second kappa shape index (κ2) is 6.66. The van der Waals surface area contributed by atoms with Crippen molar-refractivity contribution in [2.45, 2.75) is 43.4 Å². The molecule has 5 nitrogen and oxygen atoms in total. The van der Waals surface area contributed by atoms with Gasteiger partial charge in [0.25, 0.3) is 0 Å². The van der Waals surface area contributed by atoms with Crippen molar-refractivity contribution in [2.24, 2.45) is 0 Å². The number of rotatable bonds is 6. The minimum atomic E-state index is -3.36. The molecule has 0 amide bonds. The monoisotopic (exact) mass is 313 g/mol. The second-order valence-electron chi connectivity index (χ2n) is 5.36. The van der Waals surface area contributed by atoms with Crippen LogP contribution in [0.3, 0.4) is 0 Å². The van der Waals surface area contributed by atoms with Gasteiger partial charge in [0, 0.05) is 12.1 Å². The summed E-state index contributed by atoms with van der Waals surface area (Å²) < 4.78 is 36.1. The Morgan fingerprint density at radius 3 is 2.52 bits per heavy atom. The summed E-state index contributed by atoms with van der Waals surface area (Å²) in [4.78, 5) is 0.294. The van der Waals surface area contributed by atoms with Gasteiger partial charge in [-0.2, -0.15) is 0 Å². The van der Waals surface area contributed by atoms with E-state index in [2.05, 4.69) is 5.32 Å². The molecular weight excluding hydrogens is 290 g/mol. The lowest BCUT2D eigenvalue weighted by Crippen LogP contribution is -2.32. The molecule has 1 aliphatic rings. The van der Waals surface area contributed by atoms with E-state index in [0.29, 0.717) is 36.0 Å². The molecule has 0 saturated heterocycles. The SMILES string of the molecule is CCNC(C)CC(C)S(=O)(=O)c1ccc2c(c1)OCCO2. The molecule has 6 heteroatoms. The van der Waals surface area contributed by atoms with Crippen molar-refractivity contribution in [2.75, 3.05) is 19.8 Å². The van der Waals surface area contributed by atoms with Crippen molar-refractivity contribution < 1.29 is 17.9 Å². The van der Waals surface area contributed by atoms with E-state index in [0.717, 1.165) is 6.54 Å². The van der Waals surface area contributed by atoms with Gasteiger partial charge in [0.05, 0.1) is 10.1 Å². The molecule has 21 heavy (non-hydrogen) atoms. The van der Waals surface area contributed by atoms with Gasteiger partial charge in [0.1, 0.15) is 13.2 Å². The van der Waals surface area contributed by atoms with Crippen LogP contribution < -0.4 is 14.8 Å². The molecule has 0 spiro atoms. The van der Waals surface area contributed by atoms with Crippen LogP contribution in [0.15, 0.2) is 23.1 Å². The highest BCUT2D eigenvalue weighted by atomic mass is 32.2.